The third kappa shape index (κ3) is 3.71. The van der Waals surface area contributed by atoms with Gasteiger partial charge in [-0.1, -0.05) is 18.2 Å². The van der Waals surface area contributed by atoms with E-state index in [4.69, 9.17) is 4.74 Å². The topological polar surface area (TPSA) is 18.5 Å². The number of benzene rings is 3. The average molecular weight is 368 g/mol. The molecule has 0 aliphatic carbocycles. The van der Waals surface area contributed by atoms with Crippen molar-refractivity contribution >= 4 is 10.8 Å². The van der Waals surface area contributed by atoms with Crippen LogP contribution >= 0.6 is 0 Å². The highest BCUT2D eigenvalue weighted by Crippen LogP contribution is 2.32. The maximum absolute atomic E-state index is 14.4. The van der Waals surface area contributed by atoms with Gasteiger partial charge in [-0.2, -0.15) is 13.2 Å². The van der Waals surface area contributed by atoms with Crippen LogP contribution in [0.25, 0.3) is 21.9 Å². The van der Waals surface area contributed by atoms with Crippen molar-refractivity contribution in [1.82, 2.24) is 0 Å². The quantitative estimate of drug-likeness (QED) is 0.547. The van der Waals surface area contributed by atoms with E-state index in [0.717, 1.165) is 6.07 Å². The van der Waals surface area contributed by atoms with Gasteiger partial charge in [-0.3, -0.25) is 0 Å². The van der Waals surface area contributed by atoms with Crippen molar-refractivity contribution in [2.45, 2.75) is 6.18 Å². The van der Waals surface area contributed by atoms with Crippen LogP contribution in [0.5, 0.6) is 11.5 Å². The maximum Gasteiger partial charge on any atom is 0.422 e. The fourth-order valence-electron chi connectivity index (χ4n) is 2.57. The Morgan fingerprint density at radius 3 is 2.35 bits per heavy atom. The minimum atomic E-state index is -4.56. The number of hydrogen-bond acceptors (Lipinski definition) is 2. The van der Waals surface area contributed by atoms with E-state index >= 15 is 0 Å². The van der Waals surface area contributed by atoms with Crippen LogP contribution in [0.1, 0.15) is 0 Å². The summed E-state index contributed by atoms with van der Waals surface area (Å²) < 4.78 is 74.7. The third-order valence-corrected chi connectivity index (χ3v) is 3.80. The fraction of sp³-hybridized carbons (Fsp3) is 0.158. The van der Waals surface area contributed by atoms with Crippen molar-refractivity contribution in [3.05, 3.63) is 60.2 Å². The van der Waals surface area contributed by atoms with Gasteiger partial charge in [0.1, 0.15) is 11.6 Å². The molecule has 26 heavy (non-hydrogen) atoms. The molecule has 0 amide bonds. The first-order chi connectivity index (χ1) is 12.3. The molecule has 0 saturated carbocycles. The average Bonchev–Trinajstić information content (AvgIpc) is 2.60. The number of halogens is 5. The minimum absolute atomic E-state index is 0.0855. The molecule has 0 aliphatic rings. The summed E-state index contributed by atoms with van der Waals surface area (Å²) in [5.74, 6) is -1.52. The van der Waals surface area contributed by atoms with E-state index in [9.17, 15) is 22.0 Å². The van der Waals surface area contributed by atoms with Gasteiger partial charge >= 0.3 is 6.18 Å². The molecule has 0 spiro atoms. The molecular weight excluding hydrogens is 355 g/mol. The number of rotatable bonds is 4. The summed E-state index contributed by atoms with van der Waals surface area (Å²) in [5.41, 5.74) is 0.798. The smallest absolute Gasteiger partial charge is 0.422 e. The van der Waals surface area contributed by atoms with Gasteiger partial charge in [-0.15, -0.1) is 0 Å². The van der Waals surface area contributed by atoms with Crippen LogP contribution in [0.4, 0.5) is 22.0 Å². The monoisotopic (exact) mass is 368 g/mol. The van der Waals surface area contributed by atoms with Gasteiger partial charge in [0.25, 0.3) is 0 Å². The number of alkyl halides is 3. The first kappa shape index (κ1) is 18.0. The van der Waals surface area contributed by atoms with Crippen LogP contribution in [-0.2, 0) is 0 Å². The molecule has 0 aliphatic heterocycles. The van der Waals surface area contributed by atoms with Crippen LogP contribution in [-0.4, -0.2) is 19.9 Å². The van der Waals surface area contributed by atoms with Crippen LogP contribution < -0.4 is 9.47 Å². The summed E-state index contributed by atoms with van der Waals surface area (Å²) in [4.78, 5) is 0. The second-order valence-corrected chi connectivity index (χ2v) is 5.56. The SMILES string of the molecule is COc1ccc(-c2ccc3c(F)c(OCC(F)(F)F)ccc3c2)c(F)c1. The molecule has 0 fully saturated rings. The molecule has 3 aromatic carbocycles. The molecule has 0 radical (unpaired) electrons. The summed E-state index contributed by atoms with van der Waals surface area (Å²) in [7, 11) is 1.42. The summed E-state index contributed by atoms with van der Waals surface area (Å²) in [5, 5.41) is 0.497. The molecule has 3 aromatic rings. The van der Waals surface area contributed by atoms with Crippen LogP contribution in [0, 0.1) is 11.6 Å². The van der Waals surface area contributed by atoms with Crippen molar-refractivity contribution in [2.75, 3.05) is 13.7 Å². The molecule has 3 rings (SSSR count). The van der Waals surface area contributed by atoms with E-state index in [-0.39, 0.29) is 5.39 Å². The largest absolute Gasteiger partial charge is 0.497 e. The predicted molar refractivity (Wildman–Crippen MR) is 87.4 cm³/mol. The normalized spacial score (nSPS) is 11.6. The lowest BCUT2D eigenvalue weighted by Gasteiger charge is -2.12. The lowest BCUT2D eigenvalue weighted by Crippen LogP contribution is -2.19. The number of methoxy groups -OCH3 is 1. The molecule has 0 aromatic heterocycles. The number of ether oxygens (including phenoxy) is 2. The second kappa shape index (κ2) is 6.82. The Bertz CT molecular complexity index is 951. The van der Waals surface area contributed by atoms with E-state index in [0.29, 0.717) is 22.3 Å². The molecule has 0 N–H and O–H groups in total. The lowest BCUT2D eigenvalue weighted by atomic mass is 10.0. The molecule has 0 heterocycles. The first-order valence-corrected chi connectivity index (χ1v) is 7.54. The van der Waals surface area contributed by atoms with Gasteiger partial charge in [0.2, 0.25) is 0 Å². The van der Waals surface area contributed by atoms with Crippen LogP contribution in [0.15, 0.2) is 48.5 Å². The van der Waals surface area contributed by atoms with Crippen molar-refractivity contribution in [2.24, 2.45) is 0 Å². The van der Waals surface area contributed by atoms with E-state index in [1.54, 1.807) is 12.1 Å². The molecule has 0 atom stereocenters. The van der Waals surface area contributed by atoms with Crippen molar-refractivity contribution in [3.8, 4) is 22.6 Å². The molecule has 7 heteroatoms. The standard InChI is InChI=1S/C19H13F5O2/c1-25-13-4-6-14(16(20)9-13)11-2-5-15-12(8-11)3-7-17(18(15)21)26-10-19(22,23)24/h2-9H,10H2,1H3. The zero-order chi connectivity index (χ0) is 18.9. The van der Waals surface area contributed by atoms with Crippen molar-refractivity contribution in [1.29, 1.82) is 0 Å². The lowest BCUT2D eigenvalue weighted by molar-refractivity contribution is -0.153. The van der Waals surface area contributed by atoms with Crippen LogP contribution in [0.2, 0.25) is 0 Å². The first-order valence-electron chi connectivity index (χ1n) is 7.54. The Morgan fingerprint density at radius 2 is 1.69 bits per heavy atom. The Labute approximate surface area is 145 Å². The zero-order valence-electron chi connectivity index (χ0n) is 13.5. The summed E-state index contributed by atoms with van der Waals surface area (Å²) in [6.45, 7) is -1.58. The van der Waals surface area contributed by atoms with E-state index in [1.807, 2.05) is 0 Å². The van der Waals surface area contributed by atoms with Gasteiger partial charge in [0.05, 0.1) is 7.11 Å². The van der Waals surface area contributed by atoms with E-state index in [2.05, 4.69) is 4.74 Å². The Balaban J connectivity index is 1.97. The Hall–Kier alpha value is -2.83. The molecule has 0 unspecified atom stereocenters. The zero-order valence-corrected chi connectivity index (χ0v) is 13.5. The fourth-order valence-corrected chi connectivity index (χ4v) is 2.57. The van der Waals surface area contributed by atoms with Gasteiger partial charge in [0.15, 0.2) is 18.2 Å². The predicted octanol–water partition coefficient (Wildman–Crippen LogP) is 5.73. The van der Waals surface area contributed by atoms with Crippen molar-refractivity contribution < 1.29 is 31.4 Å². The molecule has 136 valence electrons. The minimum Gasteiger partial charge on any atom is -0.497 e. The van der Waals surface area contributed by atoms with Crippen molar-refractivity contribution in [3.63, 3.8) is 0 Å². The maximum atomic E-state index is 14.4. The van der Waals surface area contributed by atoms with E-state index in [1.165, 1.54) is 37.4 Å². The van der Waals surface area contributed by atoms with Gasteiger partial charge in [-0.25, -0.2) is 8.78 Å². The Morgan fingerprint density at radius 1 is 0.923 bits per heavy atom. The Kier molecular flexibility index (Phi) is 4.71. The molecule has 2 nitrogen and oxygen atoms in total. The molecule has 0 saturated heterocycles. The molecule has 0 bridgehead atoms. The summed E-state index contributed by atoms with van der Waals surface area (Å²) in [6.07, 6.45) is -4.56. The number of hydrogen-bond donors (Lipinski definition) is 0. The summed E-state index contributed by atoms with van der Waals surface area (Å²) in [6, 6.07) is 11.3. The van der Waals surface area contributed by atoms with Crippen LogP contribution in [0.3, 0.4) is 0 Å². The molecular formula is C19H13F5O2. The van der Waals surface area contributed by atoms with Gasteiger partial charge in [-0.05, 0) is 35.2 Å². The number of fused-ring (bicyclic) bond motifs is 1. The van der Waals surface area contributed by atoms with Gasteiger partial charge < -0.3 is 9.47 Å². The third-order valence-electron chi connectivity index (χ3n) is 3.80. The highest BCUT2D eigenvalue weighted by molar-refractivity contribution is 5.89. The highest BCUT2D eigenvalue weighted by Gasteiger charge is 2.29. The van der Waals surface area contributed by atoms with Gasteiger partial charge in [0, 0.05) is 17.0 Å². The highest BCUT2D eigenvalue weighted by atomic mass is 19.4. The summed E-state index contributed by atoms with van der Waals surface area (Å²) >= 11 is 0. The van der Waals surface area contributed by atoms with E-state index < -0.39 is 30.2 Å². The second-order valence-electron chi connectivity index (χ2n) is 5.56.